The molecule has 3 rings (SSSR count). The van der Waals surface area contributed by atoms with Crippen LogP contribution in [0.5, 0.6) is 0 Å². The largest absolute Gasteiger partial charge is 0.314 e. The molecular formula is C15H10BrN5O. The van der Waals surface area contributed by atoms with Crippen molar-refractivity contribution in [3.63, 3.8) is 0 Å². The molecule has 2 aromatic rings. The molecule has 1 aromatic carbocycles. The molecule has 1 heterocycles. The van der Waals surface area contributed by atoms with Gasteiger partial charge < -0.3 is 4.98 Å². The summed E-state index contributed by atoms with van der Waals surface area (Å²) in [4.78, 5) is 18.7. The summed E-state index contributed by atoms with van der Waals surface area (Å²) in [5.74, 6) is 0.0755. The first-order chi connectivity index (χ1) is 10.6. The molecule has 108 valence electrons. The molecule has 1 aromatic heterocycles. The Hall–Kier alpha value is -2.64. The Morgan fingerprint density at radius 3 is 2.64 bits per heavy atom. The summed E-state index contributed by atoms with van der Waals surface area (Å²) in [6, 6.07) is 11.5. The number of imidazole rings is 1. The third kappa shape index (κ3) is 2.72. The van der Waals surface area contributed by atoms with Gasteiger partial charge in [0.05, 0.1) is 0 Å². The van der Waals surface area contributed by atoms with Crippen LogP contribution in [0.15, 0.2) is 28.7 Å². The van der Waals surface area contributed by atoms with Crippen molar-refractivity contribution in [2.75, 3.05) is 5.32 Å². The van der Waals surface area contributed by atoms with Crippen LogP contribution < -0.4 is 5.32 Å². The van der Waals surface area contributed by atoms with Crippen LogP contribution >= 0.6 is 15.9 Å². The number of hydrogen-bond acceptors (Lipinski definition) is 4. The molecule has 0 radical (unpaired) electrons. The van der Waals surface area contributed by atoms with Crippen LogP contribution in [0.1, 0.15) is 29.3 Å². The van der Waals surface area contributed by atoms with E-state index in [2.05, 4.69) is 31.2 Å². The van der Waals surface area contributed by atoms with Gasteiger partial charge in [0.1, 0.15) is 12.1 Å². The fraction of sp³-hybridized carbons (Fsp3) is 0.200. The highest BCUT2D eigenvalue weighted by molar-refractivity contribution is 9.10. The van der Waals surface area contributed by atoms with Crippen LogP contribution in [0.4, 0.5) is 5.95 Å². The predicted molar refractivity (Wildman–Crippen MR) is 81.6 cm³/mol. The second kappa shape index (κ2) is 5.63. The van der Waals surface area contributed by atoms with Gasteiger partial charge in [-0.05, 0) is 30.0 Å². The topological polar surface area (TPSA) is 105 Å². The van der Waals surface area contributed by atoms with Gasteiger partial charge in [-0.3, -0.25) is 10.1 Å². The molecule has 0 spiro atoms. The zero-order valence-electron chi connectivity index (χ0n) is 11.3. The number of rotatable bonds is 3. The second-order valence-corrected chi connectivity index (χ2v) is 5.94. The molecule has 1 aliphatic rings. The minimum Gasteiger partial charge on any atom is -0.314 e. The van der Waals surface area contributed by atoms with Gasteiger partial charge in [0.15, 0.2) is 11.4 Å². The molecule has 6 nitrogen and oxygen atoms in total. The predicted octanol–water partition coefficient (Wildman–Crippen LogP) is 2.66. The summed E-state index contributed by atoms with van der Waals surface area (Å²) in [5.41, 5.74) is 1.16. The Morgan fingerprint density at radius 2 is 2.05 bits per heavy atom. The minimum absolute atomic E-state index is 0.0157. The molecule has 1 saturated carbocycles. The highest BCUT2D eigenvalue weighted by Gasteiger charge is 2.44. The van der Waals surface area contributed by atoms with E-state index < -0.39 is 0 Å². The third-order valence-corrected chi connectivity index (χ3v) is 4.12. The second-order valence-electron chi connectivity index (χ2n) is 5.02. The van der Waals surface area contributed by atoms with Crippen molar-refractivity contribution in [1.29, 1.82) is 10.5 Å². The van der Waals surface area contributed by atoms with Crippen LogP contribution in [0.25, 0.3) is 0 Å². The van der Waals surface area contributed by atoms with Crippen molar-refractivity contribution < 1.29 is 4.79 Å². The number of carbonyl (C=O) groups excluding carboxylic acids is 1. The lowest BCUT2D eigenvalue weighted by molar-refractivity contribution is -0.117. The molecule has 2 atom stereocenters. The average molecular weight is 356 g/mol. The van der Waals surface area contributed by atoms with Gasteiger partial charge in [-0.15, -0.1) is 0 Å². The Balaban J connectivity index is 1.67. The molecular weight excluding hydrogens is 346 g/mol. The van der Waals surface area contributed by atoms with Crippen molar-refractivity contribution in [2.45, 2.75) is 12.3 Å². The van der Waals surface area contributed by atoms with Gasteiger partial charge >= 0.3 is 0 Å². The first-order valence-electron chi connectivity index (χ1n) is 6.59. The summed E-state index contributed by atoms with van der Waals surface area (Å²) >= 11 is 3.38. The Bertz CT molecular complexity index is 780. The van der Waals surface area contributed by atoms with E-state index in [0.717, 1.165) is 16.5 Å². The van der Waals surface area contributed by atoms with Gasteiger partial charge in [-0.25, -0.2) is 4.98 Å². The normalized spacial score (nSPS) is 19.0. The quantitative estimate of drug-likeness (QED) is 0.882. The van der Waals surface area contributed by atoms with E-state index in [0.29, 0.717) is 0 Å². The number of amides is 1. The molecule has 22 heavy (non-hydrogen) atoms. The molecule has 7 heteroatoms. The Morgan fingerprint density at radius 1 is 1.32 bits per heavy atom. The van der Waals surface area contributed by atoms with Crippen molar-refractivity contribution in [1.82, 2.24) is 9.97 Å². The molecule has 0 aliphatic heterocycles. The first-order valence-corrected chi connectivity index (χ1v) is 7.38. The van der Waals surface area contributed by atoms with Gasteiger partial charge in [0.2, 0.25) is 11.9 Å². The van der Waals surface area contributed by atoms with Gasteiger partial charge in [-0.2, -0.15) is 10.5 Å². The summed E-state index contributed by atoms with van der Waals surface area (Å²) in [7, 11) is 0. The summed E-state index contributed by atoms with van der Waals surface area (Å²) in [6.07, 6.45) is 0.782. The van der Waals surface area contributed by atoms with E-state index in [1.165, 1.54) is 0 Å². The maximum atomic E-state index is 12.2. The number of carbonyl (C=O) groups is 1. The number of hydrogen-bond donors (Lipinski definition) is 2. The summed E-state index contributed by atoms with van der Waals surface area (Å²) in [5, 5.41) is 20.3. The number of benzene rings is 1. The van der Waals surface area contributed by atoms with E-state index in [4.69, 9.17) is 10.5 Å². The number of nitriles is 2. The van der Waals surface area contributed by atoms with Crippen molar-refractivity contribution in [3.05, 3.63) is 45.7 Å². The van der Waals surface area contributed by atoms with E-state index in [1.54, 1.807) is 6.07 Å². The minimum atomic E-state index is -0.157. The Labute approximate surface area is 134 Å². The first kappa shape index (κ1) is 14.3. The monoisotopic (exact) mass is 355 g/mol. The smallest absolute Gasteiger partial charge is 0.230 e. The standard InChI is InChI=1S/C15H10BrN5O/c16-9-3-1-8(2-4-9)10-5-11(10)14(22)21-15-19-12(6-17)13(7-18)20-15/h1-4,10-11H,5H2,(H2,19,20,21,22)/t10-,11-/m0/s1. The van der Waals surface area contributed by atoms with E-state index in [9.17, 15) is 4.79 Å². The average Bonchev–Trinajstić information content (AvgIpc) is 3.22. The molecule has 1 aliphatic carbocycles. The maximum absolute atomic E-state index is 12.2. The van der Waals surface area contributed by atoms with Crippen LogP contribution in [-0.2, 0) is 4.79 Å². The molecule has 0 bridgehead atoms. The lowest BCUT2D eigenvalue weighted by Gasteiger charge is -2.02. The molecule has 1 amide bonds. The summed E-state index contributed by atoms with van der Waals surface area (Å²) < 4.78 is 1.00. The number of aromatic amines is 1. The van der Waals surface area contributed by atoms with Crippen LogP contribution in [0.2, 0.25) is 0 Å². The van der Waals surface area contributed by atoms with Crippen molar-refractivity contribution in [2.24, 2.45) is 5.92 Å². The zero-order valence-corrected chi connectivity index (χ0v) is 12.9. The maximum Gasteiger partial charge on any atom is 0.230 e. The number of H-pyrrole nitrogens is 1. The highest BCUT2D eigenvalue weighted by atomic mass is 79.9. The Kier molecular flexibility index (Phi) is 3.66. The van der Waals surface area contributed by atoms with Gasteiger partial charge in [0.25, 0.3) is 0 Å². The van der Waals surface area contributed by atoms with Crippen molar-refractivity contribution in [3.8, 4) is 12.1 Å². The molecule has 2 N–H and O–H groups in total. The van der Waals surface area contributed by atoms with E-state index in [1.807, 2.05) is 30.3 Å². The van der Waals surface area contributed by atoms with Crippen LogP contribution in [-0.4, -0.2) is 15.9 Å². The number of aromatic nitrogens is 2. The molecule has 1 fully saturated rings. The number of nitrogens with zero attached hydrogens (tertiary/aromatic N) is 3. The van der Waals surface area contributed by atoms with Gasteiger partial charge in [-0.1, -0.05) is 28.1 Å². The third-order valence-electron chi connectivity index (χ3n) is 3.59. The molecule has 0 saturated heterocycles. The number of halogens is 1. The molecule has 0 unspecified atom stereocenters. The van der Waals surface area contributed by atoms with E-state index >= 15 is 0 Å². The van der Waals surface area contributed by atoms with Crippen LogP contribution in [0.3, 0.4) is 0 Å². The fourth-order valence-corrected chi connectivity index (χ4v) is 2.63. The SMILES string of the molecule is N#Cc1nc(NC(=O)[C@H]2C[C@H]2c2ccc(Br)cc2)[nH]c1C#N. The van der Waals surface area contributed by atoms with E-state index in [-0.39, 0.29) is 35.1 Å². The lowest BCUT2D eigenvalue weighted by atomic mass is 10.1. The summed E-state index contributed by atoms with van der Waals surface area (Å²) in [6.45, 7) is 0. The zero-order chi connectivity index (χ0) is 15.7. The fourth-order valence-electron chi connectivity index (χ4n) is 2.37. The lowest BCUT2D eigenvalue weighted by Crippen LogP contribution is -2.15. The van der Waals surface area contributed by atoms with Crippen molar-refractivity contribution >= 4 is 27.8 Å². The highest BCUT2D eigenvalue weighted by Crippen LogP contribution is 2.48. The van der Waals surface area contributed by atoms with Crippen LogP contribution in [0, 0.1) is 28.6 Å². The number of anilines is 1. The van der Waals surface area contributed by atoms with Gasteiger partial charge in [0, 0.05) is 10.4 Å². The number of nitrogens with one attached hydrogen (secondary N) is 2.